The number of ketones is 1. The van der Waals surface area contributed by atoms with Gasteiger partial charge in [-0.3, -0.25) is 14.4 Å². The molecule has 120 valence electrons. The number of likely N-dealkylation sites (tertiary alicyclic amines) is 1. The highest BCUT2D eigenvalue weighted by molar-refractivity contribution is 7.12. The summed E-state index contributed by atoms with van der Waals surface area (Å²) in [5.74, 6) is -1.18. The third-order valence-corrected chi connectivity index (χ3v) is 4.71. The van der Waals surface area contributed by atoms with Crippen LogP contribution in [0.1, 0.15) is 35.4 Å². The van der Waals surface area contributed by atoms with Crippen LogP contribution in [-0.2, 0) is 14.3 Å². The number of methoxy groups -OCH3 is 1. The van der Waals surface area contributed by atoms with Gasteiger partial charge in [0.05, 0.1) is 17.4 Å². The number of carboxylic acids is 1. The molecule has 0 bridgehead atoms. The number of ether oxygens (including phenoxy) is 1. The van der Waals surface area contributed by atoms with E-state index in [1.165, 1.54) is 11.3 Å². The fraction of sp³-hybridized carbons (Fsp3) is 0.533. The third kappa shape index (κ3) is 4.14. The molecule has 0 radical (unpaired) electrons. The zero-order chi connectivity index (χ0) is 16.1. The van der Waals surface area contributed by atoms with E-state index in [0.717, 1.165) is 0 Å². The van der Waals surface area contributed by atoms with E-state index >= 15 is 0 Å². The maximum Gasteiger partial charge on any atom is 0.305 e. The molecule has 1 aromatic rings. The summed E-state index contributed by atoms with van der Waals surface area (Å²) in [7, 11) is 1.55. The standard InChI is InChI=1S/C15H19NO5S/c1-21-11-7-10(8-15(19)20)16(9-11)14(18)5-4-12(17)13-3-2-6-22-13/h2-3,6,10-11H,4-5,7-9H2,1H3,(H,19,20). The monoisotopic (exact) mass is 325 g/mol. The van der Waals surface area contributed by atoms with Crippen LogP contribution < -0.4 is 0 Å². The second-order valence-electron chi connectivity index (χ2n) is 5.29. The number of Topliss-reactive ketones (excluding diaryl/α,β-unsaturated/α-hetero) is 1. The Morgan fingerprint density at radius 1 is 1.41 bits per heavy atom. The second kappa shape index (κ2) is 7.51. The van der Waals surface area contributed by atoms with Gasteiger partial charge in [0.15, 0.2) is 5.78 Å². The van der Waals surface area contributed by atoms with Gasteiger partial charge in [0.2, 0.25) is 5.91 Å². The lowest BCUT2D eigenvalue weighted by atomic mass is 10.1. The first-order chi connectivity index (χ1) is 10.5. The molecule has 1 amide bonds. The Kier molecular flexibility index (Phi) is 5.68. The van der Waals surface area contributed by atoms with Gasteiger partial charge >= 0.3 is 5.97 Å². The lowest BCUT2D eigenvalue weighted by Crippen LogP contribution is -2.37. The summed E-state index contributed by atoms with van der Waals surface area (Å²) in [4.78, 5) is 37.3. The van der Waals surface area contributed by atoms with Crippen LogP contribution in [0, 0.1) is 0 Å². The van der Waals surface area contributed by atoms with Crippen molar-refractivity contribution in [2.45, 2.75) is 37.8 Å². The molecular formula is C15H19NO5S. The van der Waals surface area contributed by atoms with Crippen LogP contribution in [0.5, 0.6) is 0 Å². The lowest BCUT2D eigenvalue weighted by molar-refractivity contribution is -0.139. The van der Waals surface area contributed by atoms with E-state index in [1.54, 1.807) is 24.1 Å². The van der Waals surface area contributed by atoms with Crippen molar-refractivity contribution in [2.24, 2.45) is 0 Å². The molecule has 22 heavy (non-hydrogen) atoms. The van der Waals surface area contributed by atoms with Crippen LogP contribution in [0.15, 0.2) is 17.5 Å². The molecule has 7 heteroatoms. The number of hydrogen-bond acceptors (Lipinski definition) is 5. The Morgan fingerprint density at radius 2 is 2.18 bits per heavy atom. The van der Waals surface area contributed by atoms with Gasteiger partial charge in [-0.15, -0.1) is 11.3 Å². The number of thiophene rings is 1. The van der Waals surface area contributed by atoms with Gasteiger partial charge in [-0.2, -0.15) is 0 Å². The highest BCUT2D eigenvalue weighted by Gasteiger charge is 2.36. The average Bonchev–Trinajstić information content (AvgIpc) is 3.13. The quantitative estimate of drug-likeness (QED) is 0.773. The summed E-state index contributed by atoms with van der Waals surface area (Å²) in [5.41, 5.74) is 0. The van der Waals surface area contributed by atoms with Gasteiger partial charge in [-0.1, -0.05) is 6.07 Å². The van der Waals surface area contributed by atoms with Gasteiger partial charge in [0.25, 0.3) is 0 Å². The van der Waals surface area contributed by atoms with E-state index in [1.807, 2.05) is 5.38 Å². The fourth-order valence-electron chi connectivity index (χ4n) is 2.67. The maximum atomic E-state index is 12.3. The van der Waals surface area contributed by atoms with E-state index in [4.69, 9.17) is 9.84 Å². The largest absolute Gasteiger partial charge is 0.481 e. The molecule has 1 saturated heterocycles. The van der Waals surface area contributed by atoms with E-state index < -0.39 is 5.97 Å². The Labute approximate surface area is 132 Å². The molecule has 2 rings (SSSR count). The summed E-state index contributed by atoms with van der Waals surface area (Å²) < 4.78 is 5.24. The van der Waals surface area contributed by atoms with E-state index in [-0.39, 0.29) is 43.1 Å². The SMILES string of the molecule is COC1CC(CC(=O)O)N(C(=O)CCC(=O)c2cccs2)C1. The maximum absolute atomic E-state index is 12.3. The molecule has 2 heterocycles. The minimum absolute atomic E-state index is 0.0550. The van der Waals surface area contributed by atoms with E-state index in [2.05, 4.69) is 0 Å². The Bertz CT molecular complexity index is 542. The zero-order valence-electron chi connectivity index (χ0n) is 12.4. The van der Waals surface area contributed by atoms with Crippen molar-refractivity contribution in [1.29, 1.82) is 0 Å². The number of aliphatic carboxylic acids is 1. The van der Waals surface area contributed by atoms with E-state index in [0.29, 0.717) is 17.8 Å². The highest BCUT2D eigenvalue weighted by Crippen LogP contribution is 2.24. The van der Waals surface area contributed by atoms with Crippen LogP contribution >= 0.6 is 11.3 Å². The van der Waals surface area contributed by atoms with Crippen molar-refractivity contribution in [3.8, 4) is 0 Å². The highest BCUT2D eigenvalue weighted by atomic mass is 32.1. The van der Waals surface area contributed by atoms with Crippen LogP contribution in [-0.4, -0.2) is 53.5 Å². The average molecular weight is 325 g/mol. The smallest absolute Gasteiger partial charge is 0.305 e. The first-order valence-corrected chi connectivity index (χ1v) is 8.00. The van der Waals surface area contributed by atoms with Gasteiger partial charge in [0.1, 0.15) is 0 Å². The first kappa shape index (κ1) is 16.6. The van der Waals surface area contributed by atoms with Gasteiger partial charge in [-0.05, 0) is 17.9 Å². The molecule has 0 aliphatic carbocycles. The zero-order valence-corrected chi connectivity index (χ0v) is 13.2. The van der Waals surface area contributed by atoms with Crippen molar-refractivity contribution >= 4 is 29.0 Å². The Hall–Kier alpha value is -1.73. The molecular weight excluding hydrogens is 306 g/mol. The third-order valence-electron chi connectivity index (χ3n) is 3.80. The number of rotatable bonds is 7. The minimum atomic E-state index is -0.936. The molecule has 0 aromatic carbocycles. The van der Waals surface area contributed by atoms with Crippen molar-refractivity contribution in [3.05, 3.63) is 22.4 Å². The molecule has 1 aliphatic heterocycles. The number of hydrogen-bond donors (Lipinski definition) is 1. The molecule has 0 spiro atoms. The molecule has 6 nitrogen and oxygen atoms in total. The summed E-state index contributed by atoms with van der Waals surface area (Å²) in [5, 5.41) is 10.8. The molecule has 0 saturated carbocycles. The fourth-order valence-corrected chi connectivity index (χ4v) is 3.36. The number of nitrogens with zero attached hydrogens (tertiary/aromatic N) is 1. The molecule has 1 aliphatic rings. The molecule has 1 N–H and O–H groups in total. The van der Waals surface area contributed by atoms with Crippen molar-refractivity contribution in [3.63, 3.8) is 0 Å². The summed E-state index contributed by atoms with van der Waals surface area (Å²) in [6.07, 6.45) is 0.537. The topological polar surface area (TPSA) is 83.9 Å². The molecule has 2 atom stereocenters. The van der Waals surface area contributed by atoms with Crippen LogP contribution in [0.3, 0.4) is 0 Å². The van der Waals surface area contributed by atoms with Crippen molar-refractivity contribution in [1.82, 2.24) is 4.90 Å². The number of carboxylic acid groups (broad SMARTS) is 1. The summed E-state index contributed by atoms with van der Waals surface area (Å²) in [6.45, 7) is 0.389. The van der Waals surface area contributed by atoms with Gasteiger partial charge in [-0.25, -0.2) is 0 Å². The molecule has 2 unspecified atom stereocenters. The number of carbonyl (C=O) groups excluding carboxylic acids is 2. The van der Waals surface area contributed by atoms with Gasteiger partial charge < -0.3 is 14.7 Å². The predicted octanol–water partition coefficient (Wildman–Crippen LogP) is 1.80. The van der Waals surface area contributed by atoms with Crippen LogP contribution in [0.4, 0.5) is 0 Å². The van der Waals surface area contributed by atoms with Crippen LogP contribution in [0.2, 0.25) is 0 Å². The lowest BCUT2D eigenvalue weighted by Gasteiger charge is -2.23. The van der Waals surface area contributed by atoms with Crippen molar-refractivity contribution in [2.75, 3.05) is 13.7 Å². The van der Waals surface area contributed by atoms with E-state index in [9.17, 15) is 14.4 Å². The van der Waals surface area contributed by atoms with Crippen molar-refractivity contribution < 1.29 is 24.2 Å². The first-order valence-electron chi connectivity index (χ1n) is 7.12. The predicted molar refractivity (Wildman–Crippen MR) is 81.1 cm³/mol. The normalized spacial score (nSPS) is 21.0. The van der Waals surface area contributed by atoms with Crippen LogP contribution in [0.25, 0.3) is 0 Å². The number of amides is 1. The number of carbonyl (C=O) groups is 3. The molecule has 1 aromatic heterocycles. The van der Waals surface area contributed by atoms with Gasteiger partial charge in [0, 0.05) is 32.5 Å². The summed E-state index contributed by atoms with van der Waals surface area (Å²) >= 11 is 1.36. The minimum Gasteiger partial charge on any atom is -0.481 e. The second-order valence-corrected chi connectivity index (χ2v) is 6.24. The molecule has 1 fully saturated rings. The summed E-state index contributed by atoms with van der Waals surface area (Å²) in [6, 6.07) is 3.18. The Balaban J connectivity index is 1.92. The Morgan fingerprint density at radius 3 is 2.77 bits per heavy atom.